The number of amides is 1. The van der Waals surface area contributed by atoms with Gasteiger partial charge >= 0.3 is 6.36 Å². The van der Waals surface area contributed by atoms with E-state index in [0.29, 0.717) is 25.1 Å². The van der Waals surface area contributed by atoms with E-state index in [-0.39, 0.29) is 29.5 Å². The average Bonchev–Trinajstić information content (AvgIpc) is 3.25. The number of hydrogen-bond acceptors (Lipinski definition) is 3. The molecule has 2 fully saturated rings. The Morgan fingerprint density at radius 3 is 2.78 bits per heavy atom. The Kier molecular flexibility index (Phi) is 4.23. The minimum atomic E-state index is -4.72. The van der Waals surface area contributed by atoms with Crippen molar-refractivity contribution in [2.24, 2.45) is 5.92 Å². The summed E-state index contributed by atoms with van der Waals surface area (Å²) in [4.78, 5) is 14.3. The molecule has 1 heterocycles. The van der Waals surface area contributed by atoms with Crippen LogP contribution < -0.4 is 10.1 Å². The zero-order valence-corrected chi connectivity index (χ0v) is 12.8. The predicted octanol–water partition coefficient (Wildman–Crippen LogP) is 2.51. The average molecular weight is 328 g/mol. The molecule has 0 bridgehead atoms. The van der Waals surface area contributed by atoms with Crippen molar-refractivity contribution in [3.05, 3.63) is 29.8 Å². The lowest BCUT2D eigenvalue weighted by molar-refractivity contribution is -0.274. The van der Waals surface area contributed by atoms with Crippen LogP contribution in [0.15, 0.2) is 24.3 Å². The van der Waals surface area contributed by atoms with Gasteiger partial charge in [-0.25, -0.2) is 0 Å². The molecular formula is C16H19F3N2O2. The lowest BCUT2D eigenvalue weighted by atomic mass is 10.1. The van der Waals surface area contributed by atoms with E-state index in [9.17, 15) is 18.0 Å². The van der Waals surface area contributed by atoms with E-state index in [2.05, 4.69) is 10.1 Å². The number of ether oxygens (including phenoxy) is 1. The predicted molar refractivity (Wildman–Crippen MR) is 78.0 cm³/mol. The van der Waals surface area contributed by atoms with E-state index in [1.165, 1.54) is 12.1 Å². The van der Waals surface area contributed by atoms with Gasteiger partial charge < -0.3 is 15.0 Å². The fourth-order valence-electron chi connectivity index (χ4n) is 3.18. The number of piperazine rings is 1. The largest absolute Gasteiger partial charge is 0.573 e. The standard InChI is InChI=1S/C16H19F3N2O2/c1-10-9-21(7-6-20-10)15(22)13-8-12(13)11-4-2-3-5-14(11)23-16(17,18)19/h2-5,10,12-13,20H,6-9H2,1H3/t10-,12-,13+/m1/s1. The molecule has 23 heavy (non-hydrogen) atoms. The van der Waals surface area contributed by atoms with Gasteiger partial charge in [-0.2, -0.15) is 0 Å². The second kappa shape index (κ2) is 6.03. The lowest BCUT2D eigenvalue weighted by Crippen LogP contribution is -2.51. The summed E-state index contributed by atoms with van der Waals surface area (Å²) in [6.07, 6.45) is -4.14. The van der Waals surface area contributed by atoms with Crippen LogP contribution in [0, 0.1) is 5.92 Å². The highest BCUT2D eigenvalue weighted by atomic mass is 19.4. The number of alkyl halides is 3. The minimum absolute atomic E-state index is 0.0326. The van der Waals surface area contributed by atoms with E-state index in [1.54, 1.807) is 17.0 Å². The van der Waals surface area contributed by atoms with Gasteiger partial charge in [0.15, 0.2) is 0 Å². The van der Waals surface area contributed by atoms with Crippen LogP contribution in [-0.2, 0) is 4.79 Å². The molecule has 1 saturated heterocycles. The van der Waals surface area contributed by atoms with Gasteiger partial charge in [0, 0.05) is 31.6 Å². The molecular weight excluding hydrogens is 309 g/mol. The van der Waals surface area contributed by atoms with Crippen molar-refractivity contribution in [3.8, 4) is 5.75 Å². The molecule has 0 radical (unpaired) electrons. The second-order valence-electron chi connectivity index (χ2n) is 6.17. The monoisotopic (exact) mass is 328 g/mol. The number of halogens is 3. The Hall–Kier alpha value is -1.76. The lowest BCUT2D eigenvalue weighted by Gasteiger charge is -2.32. The Morgan fingerprint density at radius 1 is 1.35 bits per heavy atom. The molecule has 0 unspecified atom stereocenters. The van der Waals surface area contributed by atoms with Crippen molar-refractivity contribution in [3.63, 3.8) is 0 Å². The normalized spacial score (nSPS) is 27.7. The first-order valence-corrected chi connectivity index (χ1v) is 7.72. The molecule has 1 amide bonds. The van der Waals surface area contributed by atoms with Gasteiger partial charge in [0.05, 0.1) is 0 Å². The molecule has 1 aliphatic carbocycles. The first kappa shape index (κ1) is 16.1. The summed E-state index contributed by atoms with van der Waals surface area (Å²) < 4.78 is 41.6. The van der Waals surface area contributed by atoms with Crippen molar-refractivity contribution in [2.75, 3.05) is 19.6 Å². The smallest absolute Gasteiger partial charge is 0.405 e. The second-order valence-corrected chi connectivity index (χ2v) is 6.17. The molecule has 3 atom stereocenters. The highest BCUT2D eigenvalue weighted by Crippen LogP contribution is 2.51. The minimum Gasteiger partial charge on any atom is -0.405 e. The zero-order valence-electron chi connectivity index (χ0n) is 12.8. The van der Waals surface area contributed by atoms with E-state index in [1.807, 2.05) is 6.92 Å². The van der Waals surface area contributed by atoms with E-state index < -0.39 is 6.36 Å². The van der Waals surface area contributed by atoms with Gasteiger partial charge in [-0.05, 0) is 30.9 Å². The Labute approximate surface area is 132 Å². The third kappa shape index (κ3) is 3.77. The van der Waals surface area contributed by atoms with Crippen molar-refractivity contribution < 1.29 is 22.7 Å². The van der Waals surface area contributed by atoms with Crippen molar-refractivity contribution in [2.45, 2.75) is 31.7 Å². The summed E-state index contributed by atoms with van der Waals surface area (Å²) in [7, 11) is 0. The number of rotatable bonds is 3. The molecule has 1 N–H and O–H groups in total. The molecule has 126 valence electrons. The van der Waals surface area contributed by atoms with Crippen LogP contribution in [0.25, 0.3) is 0 Å². The Bertz CT molecular complexity index is 591. The first-order valence-electron chi connectivity index (χ1n) is 7.72. The maximum atomic E-state index is 12.5. The summed E-state index contributed by atoms with van der Waals surface area (Å²) in [5.74, 6) is -0.594. The van der Waals surface area contributed by atoms with Crippen molar-refractivity contribution in [1.82, 2.24) is 10.2 Å². The number of carbonyl (C=O) groups excluding carboxylic acids is 1. The molecule has 0 aromatic heterocycles. The molecule has 0 spiro atoms. The molecule has 1 aromatic carbocycles. The summed E-state index contributed by atoms with van der Waals surface area (Å²) in [5.41, 5.74) is 0.464. The fourth-order valence-corrected chi connectivity index (χ4v) is 3.18. The van der Waals surface area contributed by atoms with Crippen LogP contribution in [0.2, 0.25) is 0 Å². The van der Waals surface area contributed by atoms with Gasteiger partial charge in [-0.15, -0.1) is 13.2 Å². The van der Waals surface area contributed by atoms with Gasteiger partial charge in [-0.1, -0.05) is 18.2 Å². The van der Waals surface area contributed by atoms with E-state index in [0.717, 1.165) is 6.54 Å². The summed E-state index contributed by atoms with van der Waals surface area (Å²) in [6.45, 7) is 4.05. The Balaban J connectivity index is 1.69. The van der Waals surface area contributed by atoms with Crippen molar-refractivity contribution >= 4 is 5.91 Å². The van der Waals surface area contributed by atoms with Crippen LogP contribution in [0.5, 0.6) is 5.75 Å². The number of carbonyl (C=O) groups is 1. The zero-order chi connectivity index (χ0) is 16.6. The number of nitrogens with zero attached hydrogens (tertiary/aromatic N) is 1. The number of para-hydroxylation sites is 1. The van der Waals surface area contributed by atoms with Crippen LogP contribution >= 0.6 is 0 Å². The van der Waals surface area contributed by atoms with Crippen LogP contribution in [0.3, 0.4) is 0 Å². The Morgan fingerprint density at radius 2 is 2.09 bits per heavy atom. The SMILES string of the molecule is C[C@@H]1CN(C(=O)[C@H]2C[C@@H]2c2ccccc2OC(F)(F)F)CCN1. The number of nitrogens with one attached hydrogen (secondary N) is 1. The maximum absolute atomic E-state index is 12.5. The molecule has 1 aliphatic heterocycles. The highest BCUT2D eigenvalue weighted by molar-refractivity contribution is 5.83. The van der Waals surface area contributed by atoms with Gasteiger partial charge in [0.1, 0.15) is 5.75 Å². The van der Waals surface area contributed by atoms with Gasteiger partial charge in [0.2, 0.25) is 5.91 Å². The number of benzene rings is 1. The molecule has 4 nitrogen and oxygen atoms in total. The molecule has 3 rings (SSSR count). The molecule has 7 heteroatoms. The topological polar surface area (TPSA) is 41.6 Å². The molecule has 1 aromatic rings. The number of hydrogen-bond donors (Lipinski definition) is 1. The maximum Gasteiger partial charge on any atom is 0.573 e. The summed E-state index contributed by atoms with van der Waals surface area (Å²) in [5, 5.41) is 3.27. The fraction of sp³-hybridized carbons (Fsp3) is 0.562. The quantitative estimate of drug-likeness (QED) is 0.927. The van der Waals surface area contributed by atoms with Crippen LogP contribution in [0.1, 0.15) is 24.8 Å². The van der Waals surface area contributed by atoms with E-state index in [4.69, 9.17) is 0 Å². The molecule has 1 saturated carbocycles. The van der Waals surface area contributed by atoms with Gasteiger partial charge in [-0.3, -0.25) is 4.79 Å². The van der Waals surface area contributed by atoms with Crippen LogP contribution in [0.4, 0.5) is 13.2 Å². The third-order valence-corrected chi connectivity index (χ3v) is 4.33. The highest BCUT2D eigenvalue weighted by Gasteiger charge is 2.48. The first-order chi connectivity index (χ1) is 10.8. The third-order valence-electron chi connectivity index (χ3n) is 4.33. The van der Waals surface area contributed by atoms with Crippen molar-refractivity contribution in [1.29, 1.82) is 0 Å². The summed E-state index contributed by atoms with van der Waals surface area (Å²) >= 11 is 0. The van der Waals surface area contributed by atoms with E-state index >= 15 is 0 Å². The summed E-state index contributed by atoms with van der Waals surface area (Å²) in [6, 6.07) is 6.33. The molecule has 2 aliphatic rings. The van der Waals surface area contributed by atoms with Gasteiger partial charge in [0.25, 0.3) is 0 Å². The van der Waals surface area contributed by atoms with Crippen LogP contribution in [-0.4, -0.2) is 42.8 Å².